The zero-order valence-electron chi connectivity index (χ0n) is 19.1. The molecule has 0 amide bonds. The van der Waals surface area contributed by atoms with Gasteiger partial charge in [-0.05, 0) is 55.7 Å². The molecule has 1 saturated carbocycles. The summed E-state index contributed by atoms with van der Waals surface area (Å²) in [6.45, 7) is 5.89. The number of aliphatic hydroxyl groups is 1. The smallest absolute Gasteiger partial charge is 0.361 e. The number of aliphatic hydroxyl groups excluding tert-OH is 1. The third-order valence-corrected chi connectivity index (χ3v) is 5.40. The largest absolute Gasteiger partial charge is 0.474 e. The number of nitrogens with two attached hydrogens (primary N) is 2. The fourth-order valence-electron chi connectivity index (χ4n) is 3.85. The maximum absolute atomic E-state index is 11.9. The molecule has 32 heavy (non-hydrogen) atoms. The van der Waals surface area contributed by atoms with Crippen molar-refractivity contribution in [3.05, 3.63) is 53.2 Å². The number of esters is 1. The fourth-order valence-corrected chi connectivity index (χ4v) is 3.85. The molecular weight excluding hydrogens is 410 g/mol. The third kappa shape index (κ3) is 6.24. The summed E-state index contributed by atoms with van der Waals surface area (Å²) in [7, 11) is 0. The van der Waals surface area contributed by atoms with Gasteiger partial charge in [-0.1, -0.05) is 32.0 Å². The number of hydrogen-bond acceptors (Lipinski definition) is 8. The topological polar surface area (TPSA) is 149 Å². The van der Waals surface area contributed by atoms with Crippen LogP contribution in [0.5, 0.6) is 0 Å². The van der Waals surface area contributed by atoms with Gasteiger partial charge in [0.15, 0.2) is 5.70 Å². The van der Waals surface area contributed by atoms with E-state index in [-0.39, 0.29) is 30.9 Å². The summed E-state index contributed by atoms with van der Waals surface area (Å²) >= 11 is 0. The molecule has 0 saturated heterocycles. The van der Waals surface area contributed by atoms with Crippen molar-refractivity contribution >= 4 is 5.97 Å². The molecule has 1 fully saturated rings. The van der Waals surface area contributed by atoms with Gasteiger partial charge >= 0.3 is 5.97 Å². The molecule has 2 aromatic rings. The van der Waals surface area contributed by atoms with E-state index >= 15 is 0 Å². The number of hydrazine groups is 1. The van der Waals surface area contributed by atoms with E-state index in [9.17, 15) is 9.90 Å². The molecule has 0 bridgehead atoms. The van der Waals surface area contributed by atoms with Crippen LogP contribution in [0.25, 0.3) is 11.3 Å². The Kier molecular flexibility index (Phi) is 10.0. The minimum Gasteiger partial charge on any atom is -0.474 e. The van der Waals surface area contributed by atoms with Crippen LogP contribution in [0, 0.1) is 0 Å². The molecule has 1 heterocycles. The van der Waals surface area contributed by atoms with E-state index in [4.69, 9.17) is 21.1 Å². The van der Waals surface area contributed by atoms with Crippen LogP contribution in [0.15, 0.2) is 42.0 Å². The molecule has 1 aromatic heterocycles. The van der Waals surface area contributed by atoms with Gasteiger partial charge in [0.1, 0.15) is 6.10 Å². The van der Waals surface area contributed by atoms with Crippen LogP contribution >= 0.6 is 0 Å². The number of ether oxygens (including phenoxy) is 2. The number of rotatable bonds is 8. The quantitative estimate of drug-likeness (QED) is 0.137. The number of H-pyrrole nitrogens is 1. The number of aromatic amines is 1. The van der Waals surface area contributed by atoms with Crippen molar-refractivity contribution in [2.75, 3.05) is 6.61 Å². The number of hydrogen-bond donors (Lipinski definition) is 5. The van der Waals surface area contributed by atoms with E-state index in [0.29, 0.717) is 5.92 Å². The molecule has 1 aromatic carbocycles. The van der Waals surface area contributed by atoms with E-state index in [1.165, 1.54) is 5.56 Å². The second kappa shape index (κ2) is 12.7. The highest BCUT2D eigenvalue weighted by atomic mass is 16.5. The number of carbonyl (C=O) groups excluding carboxylic acids is 1. The molecule has 1 aliphatic carbocycles. The molecule has 176 valence electrons. The highest BCUT2D eigenvalue weighted by Gasteiger charge is 2.26. The van der Waals surface area contributed by atoms with E-state index in [1.54, 1.807) is 13.1 Å². The second-order valence-electron chi connectivity index (χ2n) is 7.24. The zero-order valence-corrected chi connectivity index (χ0v) is 19.1. The first kappa shape index (κ1) is 25.2. The van der Waals surface area contributed by atoms with Crippen molar-refractivity contribution in [1.29, 1.82) is 0 Å². The predicted octanol–water partition coefficient (Wildman–Crippen LogP) is 2.79. The van der Waals surface area contributed by atoms with Gasteiger partial charge in [0, 0.05) is 11.8 Å². The second-order valence-corrected chi connectivity index (χ2v) is 7.24. The Bertz CT molecular complexity index is 875. The highest BCUT2D eigenvalue weighted by Crippen LogP contribution is 2.36. The summed E-state index contributed by atoms with van der Waals surface area (Å²) in [5, 5.41) is 16.7. The van der Waals surface area contributed by atoms with Crippen molar-refractivity contribution in [2.45, 2.75) is 65.1 Å². The number of nitrogens with zero attached hydrogens (tertiary/aromatic N) is 1. The zero-order chi connectivity index (χ0) is 23.5. The first-order valence-corrected chi connectivity index (χ1v) is 11.1. The van der Waals surface area contributed by atoms with Crippen molar-refractivity contribution in [3.8, 4) is 11.3 Å². The van der Waals surface area contributed by atoms with Gasteiger partial charge in [0.2, 0.25) is 5.88 Å². The summed E-state index contributed by atoms with van der Waals surface area (Å²) in [6.07, 6.45) is 5.01. The molecule has 0 aliphatic heterocycles. The number of carbonyl (C=O) groups is 1. The Labute approximate surface area is 189 Å². The molecule has 0 unspecified atom stereocenters. The minimum atomic E-state index is -0.639. The molecular formula is C23H35N5O4. The standard InChI is InChI=1S/C21H29N5O4.C2H6/c1-2-29-21(28)19(25-23)20(22)30-16-6-3-13(4-7-16)14-5-8-17(15(11-14)12-27)18-9-10-24-26-18;1-2/h5,8-11,13,16,25,27H,2-4,6-7,12,22-23H2,1H3,(H,24,26);1-2H3/b20-19+;. The van der Waals surface area contributed by atoms with Crippen molar-refractivity contribution in [3.63, 3.8) is 0 Å². The molecule has 7 N–H and O–H groups in total. The average Bonchev–Trinajstić information content (AvgIpc) is 3.36. The Morgan fingerprint density at radius 2 is 1.97 bits per heavy atom. The lowest BCUT2D eigenvalue weighted by Crippen LogP contribution is -2.33. The van der Waals surface area contributed by atoms with Gasteiger partial charge in [0.25, 0.3) is 0 Å². The predicted molar refractivity (Wildman–Crippen MR) is 123 cm³/mol. The molecule has 0 atom stereocenters. The van der Waals surface area contributed by atoms with E-state index in [1.807, 2.05) is 26.0 Å². The summed E-state index contributed by atoms with van der Waals surface area (Å²) < 4.78 is 10.7. The van der Waals surface area contributed by atoms with E-state index in [2.05, 4.69) is 27.8 Å². The van der Waals surface area contributed by atoms with Gasteiger partial charge in [-0.2, -0.15) is 5.10 Å². The maximum Gasteiger partial charge on any atom is 0.361 e. The molecule has 0 radical (unpaired) electrons. The van der Waals surface area contributed by atoms with E-state index < -0.39 is 5.97 Å². The normalized spacial score (nSPS) is 18.7. The summed E-state index contributed by atoms with van der Waals surface area (Å²) in [5.41, 5.74) is 12.0. The van der Waals surface area contributed by atoms with Crippen LogP contribution in [0.1, 0.15) is 63.5 Å². The van der Waals surface area contributed by atoms with Gasteiger partial charge < -0.3 is 25.7 Å². The summed E-state index contributed by atoms with van der Waals surface area (Å²) in [4.78, 5) is 11.9. The molecule has 9 heteroatoms. The fraction of sp³-hybridized carbons (Fsp3) is 0.478. The van der Waals surface area contributed by atoms with Gasteiger partial charge in [0.05, 0.1) is 18.9 Å². The highest BCUT2D eigenvalue weighted by molar-refractivity contribution is 5.88. The summed E-state index contributed by atoms with van der Waals surface area (Å²) in [6, 6.07) is 8.08. The number of benzene rings is 1. The average molecular weight is 446 g/mol. The molecule has 0 spiro atoms. The van der Waals surface area contributed by atoms with Crippen LogP contribution < -0.4 is 17.0 Å². The first-order chi connectivity index (χ1) is 15.6. The van der Waals surface area contributed by atoms with Crippen molar-refractivity contribution in [2.24, 2.45) is 11.6 Å². The number of nitrogens with one attached hydrogen (secondary N) is 2. The lowest BCUT2D eigenvalue weighted by atomic mass is 9.81. The van der Waals surface area contributed by atoms with Crippen LogP contribution in [0.4, 0.5) is 0 Å². The van der Waals surface area contributed by atoms with Gasteiger partial charge in [-0.25, -0.2) is 4.79 Å². The van der Waals surface area contributed by atoms with Crippen LogP contribution in [-0.4, -0.2) is 34.0 Å². The molecule has 9 nitrogen and oxygen atoms in total. The maximum atomic E-state index is 11.9. The van der Waals surface area contributed by atoms with Crippen molar-refractivity contribution in [1.82, 2.24) is 15.6 Å². The summed E-state index contributed by atoms with van der Waals surface area (Å²) in [5.74, 6) is 5.07. The van der Waals surface area contributed by atoms with Gasteiger partial charge in [-0.15, -0.1) is 0 Å². The van der Waals surface area contributed by atoms with Gasteiger partial charge in [-0.3, -0.25) is 10.9 Å². The Morgan fingerprint density at radius 1 is 1.25 bits per heavy atom. The van der Waals surface area contributed by atoms with Crippen LogP contribution in [0.3, 0.4) is 0 Å². The van der Waals surface area contributed by atoms with Crippen molar-refractivity contribution < 1.29 is 19.4 Å². The minimum absolute atomic E-state index is 0.0370. The molecule has 3 rings (SSSR count). The Balaban J connectivity index is 0.00000176. The van der Waals surface area contributed by atoms with E-state index in [0.717, 1.165) is 42.5 Å². The number of aromatic nitrogens is 2. The van der Waals surface area contributed by atoms with Crippen LogP contribution in [0.2, 0.25) is 0 Å². The Hall–Kier alpha value is -3.04. The first-order valence-electron chi connectivity index (χ1n) is 11.1. The lowest BCUT2D eigenvalue weighted by molar-refractivity contribution is -0.139. The molecule has 1 aliphatic rings. The SMILES string of the molecule is CC.CCOC(=O)/C(NN)=C(/N)OC1CCC(c2ccc(-c3ccn[nH]3)c(CO)c2)CC1. The van der Waals surface area contributed by atoms with Crippen LogP contribution in [-0.2, 0) is 20.9 Å². The Morgan fingerprint density at radius 3 is 2.53 bits per heavy atom. The monoisotopic (exact) mass is 445 g/mol. The third-order valence-electron chi connectivity index (χ3n) is 5.40. The lowest BCUT2D eigenvalue weighted by Gasteiger charge is -2.30.